The maximum atomic E-state index is 11.6. The van der Waals surface area contributed by atoms with Crippen LogP contribution >= 0.6 is 11.6 Å². The van der Waals surface area contributed by atoms with E-state index in [0.29, 0.717) is 0 Å². The van der Waals surface area contributed by atoms with E-state index >= 15 is 0 Å². The molecule has 0 aliphatic carbocycles. The van der Waals surface area contributed by atoms with Crippen LogP contribution in [0.25, 0.3) is 0 Å². The minimum absolute atomic E-state index is 0.0119. The van der Waals surface area contributed by atoms with Gasteiger partial charge in [-0.1, -0.05) is 11.6 Å². The summed E-state index contributed by atoms with van der Waals surface area (Å²) in [6, 6.07) is 3.86. The van der Waals surface area contributed by atoms with Crippen LogP contribution in [0.3, 0.4) is 0 Å². The summed E-state index contributed by atoms with van der Waals surface area (Å²) in [4.78, 5) is 33.6. The van der Waals surface area contributed by atoms with Gasteiger partial charge in [-0.05, 0) is 18.2 Å². The molecule has 0 saturated heterocycles. The molecule has 112 valence electrons. The van der Waals surface area contributed by atoms with Gasteiger partial charge in [-0.25, -0.2) is 14.4 Å². The molecule has 21 heavy (non-hydrogen) atoms. The van der Waals surface area contributed by atoms with Crippen molar-refractivity contribution in [3.63, 3.8) is 0 Å². The van der Waals surface area contributed by atoms with Crippen molar-refractivity contribution in [2.24, 2.45) is 0 Å². The fourth-order valence-electron chi connectivity index (χ4n) is 1.33. The second kappa shape index (κ2) is 7.30. The van der Waals surface area contributed by atoms with E-state index < -0.39 is 17.9 Å². The lowest BCUT2D eigenvalue weighted by Crippen LogP contribution is -2.15. The molecular weight excluding hydrogens is 302 g/mol. The van der Waals surface area contributed by atoms with Crippen molar-refractivity contribution < 1.29 is 29.0 Å². The fourth-order valence-corrected chi connectivity index (χ4v) is 1.56. The largest absolute Gasteiger partial charge is 0.478 e. The van der Waals surface area contributed by atoms with Crippen LogP contribution in [0.5, 0.6) is 0 Å². The molecule has 1 aromatic carbocycles. The number of carboxylic acids is 1. The highest BCUT2D eigenvalue weighted by Crippen LogP contribution is 2.24. The molecule has 0 aliphatic rings. The highest BCUT2D eigenvalue weighted by molar-refractivity contribution is 6.33. The zero-order valence-electron chi connectivity index (χ0n) is 11.2. The Morgan fingerprint density at radius 1 is 1.24 bits per heavy atom. The van der Waals surface area contributed by atoms with E-state index in [9.17, 15) is 14.4 Å². The smallest absolute Gasteiger partial charge is 0.354 e. The van der Waals surface area contributed by atoms with Crippen LogP contribution in [0.2, 0.25) is 5.02 Å². The number of carbonyl (C=O) groups is 3. The number of anilines is 1. The monoisotopic (exact) mass is 313 g/mol. The van der Waals surface area contributed by atoms with E-state index in [0.717, 1.165) is 20.3 Å². The number of rotatable bonds is 5. The maximum absolute atomic E-state index is 11.6. The molecule has 0 unspecified atom stereocenters. The van der Waals surface area contributed by atoms with Crippen molar-refractivity contribution in [1.82, 2.24) is 0 Å². The first-order valence-electron chi connectivity index (χ1n) is 5.57. The predicted octanol–water partition coefficient (Wildman–Crippen LogP) is 1.68. The number of nitrogens with one attached hydrogen (secondary N) is 1. The number of esters is 2. The first-order chi connectivity index (χ1) is 9.88. The molecule has 0 aliphatic heterocycles. The van der Waals surface area contributed by atoms with Crippen molar-refractivity contribution in [3.8, 4) is 0 Å². The molecule has 0 atom stereocenters. The van der Waals surface area contributed by atoms with Gasteiger partial charge in [0.05, 0.1) is 36.6 Å². The van der Waals surface area contributed by atoms with Gasteiger partial charge in [0.1, 0.15) is 5.70 Å². The van der Waals surface area contributed by atoms with Crippen molar-refractivity contribution in [1.29, 1.82) is 0 Å². The van der Waals surface area contributed by atoms with Crippen molar-refractivity contribution in [2.75, 3.05) is 19.5 Å². The summed E-state index contributed by atoms with van der Waals surface area (Å²) in [5, 5.41) is 11.5. The molecule has 0 radical (unpaired) electrons. The minimum Gasteiger partial charge on any atom is -0.478 e. The Morgan fingerprint density at radius 2 is 1.90 bits per heavy atom. The van der Waals surface area contributed by atoms with Crippen LogP contribution in [0.15, 0.2) is 30.0 Å². The number of hydrogen-bond donors (Lipinski definition) is 2. The molecule has 8 heteroatoms. The van der Waals surface area contributed by atoms with Gasteiger partial charge in [0.15, 0.2) is 0 Å². The Bertz CT molecular complexity index is 611. The lowest BCUT2D eigenvalue weighted by molar-refractivity contribution is -0.138. The Balaban J connectivity index is 3.10. The van der Waals surface area contributed by atoms with Gasteiger partial charge in [0, 0.05) is 0 Å². The summed E-state index contributed by atoms with van der Waals surface area (Å²) in [7, 11) is 2.30. The van der Waals surface area contributed by atoms with Gasteiger partial charge >= 0.3 is 17.9 Å². The second-order valence-corrected chi connectivity index (χ2v) is 4.10. The van der Waals surface area contributed by atoms with Gasteiger partial charge < -0.3 is 19.9 Å². The Morgan fingerprint density at radius 3 is 2.38 bits per heavy atom. The molecule has 0 amide bonds. The van der Waals surface area contributed by atoms with Gasteiger partial charge in [0.25, 0.3) is 0 Å². The number of hydrogen-bond acceptors (Lipinski definition) is 6. The van der Waals surface area contributed by atoms with E-state index in [2.05, 4.69) is 14.8 Å². The van der Waals surface area contributed by atoms with Crippen LogP contribution in [0.4, 0.5) is 5.69 Å². The van der Waals surface area contributed by atoms with Crippen molar-refractivity contribution in [3.05, 3.63) is 40.6 Å². The molecule has 0 aromatic heterocycles. The Labute approximate surface area is 125 Å². The van der Waals surface area contributed by atoms with Gasteiger partial charge in [-0.3, -0.25) is 0 Å². The van der Waals surface area contributed by atoms with E-state index in [1.54, 1.807) is 0 Å². The summed E-state index contributed by atoms with van der Waals surface area (Å²) >= 11 is 5.91. The number of benzene rings is 1. The van der Waals surface area contributed by atoms with Crippen molar-refractivity contribution in [2.45, 2.75) is 0 Å². The zero-order valence-corrected chi connectivity index (χ0v) is 11.9. The standard InChI is InChI=1S/C13H12ClNO6/c1-20-11(16)6-10(13(19)21-2)15-9-4-3-7(12(17)18)5-8(9)14/h3-6,15H,1-2H3,(H,17,18)/b10-6+. The van der Waals surface area contributed by atoms with Gasteiger partial charge in [-0.2, -0.15) is 0 Å². The van der Waals surface area contributed by atoms with Crippen molar-refractivity contribution >= 4 is 35.2 Å². The summed E-state index contributed by atoms with van der Waals surface area (Å²) < 4.78 is 8.94. The number of aromatic carboxylic acids is 1. The average molecular weight is 314 g/mol. The SMILES string of the molecule is COC(=O)/C=C(/Nc1ccc(C(=O)O)cc1Cl)C(=O)OC. The maximum Gasteiger partial charge on any atom is 0.354 e. The molecule has 1 aromatic rings. The molecule has 0 saturated carbocycles. The third-order valence-electron chi connectivity index (χ3n) is 2.35. The molecule has 0 heterocycles. The minimum atomic E-state index is -1.14. The lowest BCUT2D eigenvalue weighted by Gasteiger charge is -2.11. The Hall–Kier alpha value is -2.54. The molecule has 1 rings (SSSR count). The Kier molecular flexibility index (Phi) is 5.74. The van der Waals surface area contributed by atoms with Gasteiger partial charge in [-0.15, -0.1) is 0 Å². The van der Waals surface area contributed by atoms with Crippen LogP contribution < -0.4 is 5.32 Å². The van der Waals surface area contributed by atoms with E-state index in [1.807, 2.05) is 0 Å². The van der Waals surface area contributed by atoms with Crippen LogP contribution in [0.1, 0.15) is 10.4 Å². The highest BCUT2D eigenvalue weighted by atomic mass is 35.5. The number of ether oxygens (including phenoxy) is 2. The zero-order chi connectivity index (χ0) is 16.0. The highest BCUT2D eigenvalue weighted by Gasteiger charge is 2.15. The number of halogens is 1. The molecule has 0 spiro atoms. The third kappa shape index (κ3) is 4.50. The summed E-state index contributed by atoms with van der Waals surface area (Å²) in [6.07, 6.45) is 0.896. The number of carbonyl (C=O) groups excluding carboxylic acids is 2. The molecule has 2 N–H and O–H groups in total. The van der Waals surface area contributed by atoms with Gasteiger partial charge in [0.2, 0.25) is 0 Å². The summed E-state index contributed by atoms with van der Waals surface area (Å²) in [6.45, 7) is 0. The molecular formula is C13H12ClNO6. The first kappa shape index (κ1) is 16.5. The average Bonchev–Trinajstić information content (AvgIpc) is 2.46. The molecule has 7 nitrogen and oxygen atoms in total. The topological polar surface area (TPSA) is 102 Å². The quantitative estimate of drug-likeness (QED) is 0.629. The van der Waals surface area contributed by atoms with Crippen LogP contribution in [-0.4, -0.2) is 37.2 Å². The lowest BCUT2D eigenvalue weighted by atomic mass is 10.2. The summed E-state index contributed by atoms with van der Waals surface area (Å²) in [5.74, 6) is -2.71. The van der Waals surface area contributed by atoms with E-state index in [1.165, 1.54) is 18.2 Å². The molecule has 0 bridgehead atoms. The van der Waals surface area contributed by atoms with Crippen LogP contribution in [-0.2, 0) is 19.1 Å². The predicted molar refractivity (Wildman–Crippen MR) is 74.1 cm³/mol. The van der Waals surface area contributed by atoms with Crippen LogP contribution in [0, 0.1) is 0 Å². The molecule has 0 fully saturated rings. The third-order valence-corrected chi connectivity index (χ3v) is 2.67. The normalized spacial score (nSPS) is 10.7. The second-order valence-electron chi connectivity index (χ2n) is 3.70. The van der Waals surface area contributed by atoms with E-state index in [4.69, 9.17) is 16.7 Å². The summed E-state index contributed by atoms with van der Waals surface area (Å²) in [5.41, 5.74) is 0.0265. The number of methoxy groups -OCH3 is 2. The van der Waals surface area contributed by atoms with E-state index in [-0.39, 0.29) is 22.0 Å². The fraction of sp³-hybridized carbons (Fsp3) is 0.154. The first-order valence-corrected chi connectivity index (χ1v) is 5.94. The number of carboxylic acid groups (broad SMARTS) is 1.